The maximum atomic E-state index is 12.9. The van der Waals surface area contributed by atoms with Crippen LogP contribution in [0.15, 0.2) is 158 Å². The summed E-state index contributed by atoms with van der Waals surface area (Å²) in [5.74, 6) is -1.02. The molecule has 6 nitrogen and oxygen atoms in total. The average molecular weight is 1150 g/mol. The van der Waals surface area contributed by atoms with Crippen molar-refractivity contribution >= 4 is 17.9 Å². The molecule has 6 heteroatoms. The molecule has 1 unspecified atom stereocenters. The Labute approximate surface area is 511 Å². The van der Waals surface area contributed by atoms with E-state index in [0.29, 0.717) is 19.3 Å². The Kier molecular flexibility index (Phi) is 65.4. The smallest absolute Gasteiger partial charge is 0.306 e. The minimum absolute atomic E-state index is 0.117. The van der Waals surface area contributed by atoms with Crippen LogP contribution in [0.1, 0.15) is 290 Å². The van der Waals surface area contributed by atoms with E-state index in [1.165, 1.54) is 109 Å². The molecular formula is C77H124O6. The monoisotopic (exact) mass is 1140 g/mol. The molecular weight excluding hydrogens is 1020 g/mol. The normalized spacial score (nSPS) is 13.1. The van der Waals surface area contributed by atoms with E-state index < -0.39 is 12.1 Å². The van der Waals surface area contributed by atoms with Crippen LogP contribution in [-0.2, 0) is 28.6 Å². The minimum Gasteiger partial charge on any atom is -0.462 e. The van der Waals surface area contributed by atoms with Crippen LogP contribution in [0.3, 0.4) is 0 Å². The largest absolute Gasteiger partial charge is 0.462 e. The number of ether oxygens (including phenoxy) is 3. The van der Waals surface area contributed by atoms with Crippen LogP contribution in [0.4, 0.5) is 0 Å². The summed E-state index contributed by atoms with van der Waals surface area (Å²) in [5, 5.41) is 0. The number of unbranched alkanes of at least 4 members (excludes halogenated alkanes) is 23. The third-order valence-electron chi connectivity index (χ3n) is 14.0. The molecule has 0 aliphatic rings. The van der Waals surface area contributed by atoms with Gasteiger partial charge in [-0.1, -0.05) is 294 Å². The summed E-state index contributed by atoms with van der Waals surface area (Å²) in [4.78, 5) is 38.3. The fraction of sp³-hybridized carbons (Fsp3) is 0.623. The van der Waals surface area contributed by atoms with Gasteiger partial charge in [-0.05, 0) is 135 Å². The second-order valence-corrected chi connectivity index (χ2v) is 22.0. The Balaban J connectivity index is 4.37. The Bertz CT molecular complexity index is 1840. The molecule has 468 valence electrons. The summed E-state index contributed by atoms with van der Waals surface area (Å²) in [6.45, 7) is 6.32. The van der Waals surface area contributed by atoms with Crippen molar-refractivity contribution < 1.29 is 28.6 Å². The number of hydrogen-bond donors (Lipinski definition) is 0. The number of esters is 3. The van der Waals surface area contributed by atoms with Gasteiger partial charge in [0.1, 0.15) is 13.2 Å². The Morgan fingerprint density at radius 3 is 0.783 bits per heavy atom. The number of carbonyl (C=O) groups is 3. The molecule has 0 bridgehead atoms. The van der Waals surface area contributed by atoms with E-state index in [1.54, 1.807) is 0 Å². The molecule has 83 heavy (non-hydrogen) atoms. The standard InChI is InChI=1S/C77H124O6/c1-4-7-10-13-16-19-22-25-28-30-32-33-34-35-36-37-38-39-40-41-42-43-45-46-49-52-55-58-61-64-67-70-76(79)82-73-74(72-81-75(78)69-66-63-60-57-54-51-48-27-24-21-18-15-12-9-6-3)83-77(80)71-68-65-62-59-56-53-50-47-44-31-29-26-23-20-17-14-11-8-5-2/h7-8,10-11,16-21,25-29,32-33,35-36,44,47-48,53,56,62,65,74H,4-6,9,12-15,22-24,30-31,34,37-43,45-46,49-52,54-55,57-61,63-64,66-73H2,1-3H3/b10-7-,11-8-,19-16-,20-17-,21-18-,28-25-,29-26-,33-32-,36-35-,47-44-,48-27-,56-53-,65-62-. The van der Waals surface area contributed by atoms with Crippen molar-refractivity contribution in [3.63, 3.8) is 0 Å². The Hall–Kier alpha value is -4.97. The first-order valence-corrected chi connectivity index (χ1v) is 34.0. The number of allylic oxidation sites excluding steroid dienone is 26. The van der Waals surface area contributed by atoms with Gasteiger partial charge < -0.3 is 14.2 Å². The van der Waals surface area contributed by atoms with Gasteiger partial charge in [0.05, 0.1) is 0 Å². The summed E-state index contributed by atoms with van der Waals surface area (Å²) in [6, 6.07) is 0. The highest BCUT2D eigenvalue weighted by Crippen LogP contribution is 2.16. The lowest BCUT2D eigenvalue weighted by Crippen LogP contribution is -2.30. The van der Waals surface area contributed by atoms with Gasteiger partial charge in [-0.2, -0.15) is 0 Å². The third-order valence-corrected chi connectivity index (χ3v) is 14.0. The SMILES string of the molecule is CC/C=C\C/C=C\C/C=C\C/C=C\C/C=C\C/C=C\CCC(=O)OC(COC(=O)CCCCCCC/C=C\C/C=C\CCCCC)COC(=O)CCCCCCCCCCCCCCCCC/C=C\C/C=C\C/C=C\C/C=C\C/C=C\CC. The first-order valence-electron chi connectivity index (χ1n) is 34.0. The quantitative estimate of drug-likeness (QED) is 0.0261. The molecule has 0 radical (unpaired) electrons. The fourth-order valence-electron chi connectivity index (χ4n) is 9.00. The summed E-state index contributed by atoms with van der Waals surface area (Å²) in [5.41, 5.74) is 0. The van der Waals surface area contributed by atoms with E-state index in [0.717, 1.165) is 135 Å². The molecule has 0 rings (SSSR count). The number of carbonyl (C=O) groups excluding carboxylic acids is 3. The van der Waals surface area contributed by atoms with E-state index >= 15 is 0 Å². The highest BCUT2D eigenvalue weighted by Gasteiger charge is 2.19. The first kappa shape index (κ1) is 78.0. The molecule has 0 heterocycles. The van der Waals surface area contributed by atoms with E-state index in [4.69, 9.17) is 14.2 Å². The lowest BCUT2D eigenvalue weighted by Gasteiger charge is -2.18. The van der Waals surface area contributed by atoms with E-state index in [-0.39, 0.29) is 31.6 Å². The van der Waals surface area contributed by atoms with Crippen molar-refractivity contribution in [2.75, 3.05) is 13.2 Å². The van der Waals surface area contributed by atoms with Crippen molar-refractivity contribution in [3.8, 4) is 0 Å². The average Bonchev–Trinajstić information content (AvgIpc) is 3.49. The van der Waals surface area contributed by atoms with Gasteiger partial charge in [-0.15, -0.1) is 0 Å². The molecule has 0 N–H and O–H groups in total. The molecule has 0 spiro atoms. The summed E-state index contributed by atoms with van der Waals surface area (Å²) >= 11 is 0. The first-order chi connectivity index (χ1) is 41.0. The minimum atomic E-state index is -0.832. The molecule has 0 aliphatic carbocycles. The molecule has 0 saturated carbocycles. The Morgan fingerprint density at radius 2 is 0.494 bits per heavy atom. The molecule has 0 amide bonds. The zero-order valence-electron chi connectivity index (χ0n) is 53.7. The van der Waals surface area contributed by atoms with Crippen LogP contribution < -0.4 is 0 Å². The molecule has 0 aromatic heterocycles. The lowest BCUT2D eigenvalue weighted by atomic mass is 10.0. The van der Waals surface area contributed by atoms with Gasteiger partial charge in [0.2, 0.25) is 0 Å². The van der Waals surface area contributed by atoms with Crippen LogP contribution in [0.2, 0.25) is 0 Å². The molecule has 0 aliphatic heterocycles. The summed E-state index contributed by atoms with van der Waals surface area (Å²) in [6.07, 6.45) is 101. The van der Waals surface area contributed by atoms with Crippen molar-refractivity contribution in [1.29, 1.82) is 0 Å². The van der Waals surface area contributed by atoms with Gasteiger partial charge in [0.25, 0.3) is 0 Å². The lowest BCUT2D eigenvalue weighted by molar-refractivity contribution is -0.166. The number of hydrogen-bond acceptors (Lipinski definition) is 6. The van der Waals surface area contributed by atoms with Crippen LogP contribution >= 0.6 is 0 Å². The fourth-order valence-corrected chi connectivity index (χ4v) is 9.00. The topological polar surface area (TPSA) is 78.9 Å². The van der Waals surface area contributed by atoms with Crippen molar-refractivity contribution in [1.82, 2.24) is 0 Å². The van der Waals surface area contributed by atoms with Gasteiger partial charge >= 0.3 is 17.9 Å². The summed E-state index contributed by atoms with van der Waals surface area (Å²) < 4.78 is 16.9. The zero-order valence-corrected chi connectivity index (χ0v) is 53.7. The van der Waals surface area contributed by atoms with E-state index in [9.17, 15) is 14.4 Å². The summed E-state index contributed by atoms with van der Waals surface area (Å²) in [7, 11) is 0. The number of rotatable bonds is 60. The molecule has 0 aromatic carbocycles. The highest BCUT2D eigenvalue weighted by atomic mass is 16.6. The van der Waals surface area contributed by atoms with Gasteiger partial charge in [0.15, 0.2) is 6.10 Å². The third kappa shape index (κ3) is 67.7. The maximum absolute atomic E-state index is 12.9. The van der Waals surface area contributed by atoms with Gasteiger partial charge in [-0.25, -0.2) is 0 Å². The maximum Gasteiger partial charge on any atom is 0.306 e. The van der Waals surface area contributed by atoms with Gasteiger partial charge in [0, 0.05) is 19.3 Å². The molecule has 1 atom stereocenters. The van der Waals surface area contributed by atoms with E-state index in [2.05, 4.69) is 173 Å². The van der Waals surface area contributed by atoms with Gasteiger partial charge in [-0.3, -0.25) is 14.4 Å². The predicted molar refractivity (Wildman–Crippen MR) is 362 cm³/mol. The molecule has 0 saturated heterocycles. The van der Waals surface area contributed by atoms with Crippen LogP contribution in [-0.4, -0.2) is 37.2 Å². The van der Waals surface area contributed by atoms with Crippen LogP contribution in [0, 0.1) is 0 Å². The van der Waals surface area contributed by atoms with E-state index in [1.807, 2.05) is 6.08 Å². The molecule has 0 aromatic rings. The van der Waals surface area contributed by atoms with Crippen LogP contribution in [0.25, 0.3) is 0 Å². The second kappa shape index (κ2) is 69.5. The predicted octanol–water partition coefficient (Wildman–Crippen LogP) is 23.7. The van der Waals surface area contributed by atoms with Crippen molar-refractivity contribution in [2.45, 2.75) is 297 Å². The zero-order chi connectivity index (χ0) is 59.9. The highest BCUT2D eigenvalue weighted by molar-refractivity contribution is 5.71. The molecule has 0 fully saturated rings. The van der Waals surface area contributed by atoms with Crippen molar-refractivity contribution in [2.24, 2.45) is 0 Å². The Morgan fingerprint density at radius 1 is 0.253 bits per heavy atom. The van der Waals surface area contributed by atoms with Crippen LogP contribution in [0.5, 0.6) is 0 Å². The second-order valence-electron chi connectivity index (χ2n) is 22.0. The van der Waals surface area contributed by atoms with Crippen molar-refractivity contribution in [3.05, 3.63) is 158 Å².